The van der Waals surface area contributed by atoms with Crippen LogP contribution in [0.5, 0.6) is 0 Å². The van der Waals surface area contributed by atoms with E-state index in [1.54, 1.807) is 24.3 Å². The van der Waals surface area contributed by atoms with Gasteiger partial charge in [-0.05, 0) is 30.7 Å². The van der Waals surface area contributed by atoms with E-state index in [1.807, 2.05) is 25.1 Å². The third-order valence-electron chi connectivity index (χ3n) is 2.73. The van der Waals surface area contributed by atoms with Crippen LogP contribution >= 0.6 is 0 Å². The quantitative estimate of drug-likeness (QED) is 0.584. The van der Waals surface area contributed by atoms with E-state index in [0.29, 0.717) is 11.1 Å². The van der Waals surface area contributed by atoms with Crippen LogP contribution in [0, 0.1) is 12.7 Å². The molecule has 0 bridgehead atoms. The summed E-state index contributed by atoms with van der Waals surface area (Å²) in [5.74, 6) is -0.442. The number of hydrogen-bond acceptors (Lipinski definition) is 1. The first kappa shape index (κ1) is 12.2. The molecule has 0 aliphatic rings. The highest BCUT2D eigenvalue weighted by Gasteiger charge is 2.04. The van der Waals surface area contributed by atoms with Crippen LogP contribution in [0.1, 0.15) is 21.5 Å². The molecule has 0 atom stereocenters. The second-order valence-electron chi connectivity index (χ2n) is 4.03. The summed E-state index contributed by atoms with van der Waals surface area (Å²) in [5, 5.41) is 0. The number of rotatable bonds is 3. The molecule has 0 radical (unpaired) electrons. The maximum Gasteiger partial charge on any atom is 0.186 e. The van der Waals surface area contributed by atoms with Crippen LogP contribution in [0.25, 0.3) is 6.08 Å². The summed E-state index contributed by atoms with van der Waals surface area (Å²) < 4.78 is 13.4. The number of hydrogen-bond donors (Lipinski definition) is 0. The molecule has 2 aromatic rings. The van der Waals surface area contributed by atoms with E-state index in [1.165, 1.54) is 18.2 Å². The number of ketones is 1. The minimum absolute atomic E-state index is 0.114. The van der Waals surface area contributed by atoms with Crippen molar-refractivity contribution in [1.82, 2.24) is 0 Å². The van der Waals surface area contributed by atoms with Gasteiger partial charge in [-0.25, -0.2) is 4.39 Å². The topological polar surface area (TPSA) is 17.1 Å². The lowest BCUT2D eigenvalue weighted by Gasteiger charge is -2.00. The van der Waals surface area contributed by atoms with Gasteiger partial charge in [0.2, 0.25) is 0 Å². The molecule has 0 amide bonds. The zero-order valence-electron chi connectivity index (χ0n) is 10.1. The molecule has 2 rings (SSSR count). The van der Waals surface area contributed by atoms with Crippen molar-refractivity contribution in [2.24, 2.45) is 0 Å². The average Bonchev–Trinajstić information content (AvgIpc) is 2.38. The first-order valence-corrected chi connectivity index (χ1v) is 5.71. The summed E-state index contributed by atoms with van der Waals surface area (Å²) in [7, 11) is 0. The summed E-state index contributed by atoms with van der Waals surface area (Å²) in [6.45, 7) is 1.88. The number of aryl methyl sites for hydroxylation is 1. The second kappa shape index (κ2) is 5.41. The molecule has 0 aromatic heterocycles. The molecule has 0 heterocycles. The van der Waals surface area contributed by atoms with E-state index in [2.05, 4.69) is 0 Å². The third-order valence-corrected chi connectivity index (χ3v) is 2.73. The Morgan fingerprint density at radius 3 is 2.44 bits per heavy atom. The molecule has 2 heteroatoms. The van der Waals surface area contributed by atoms with Gasteiger partial charge in [-0.1, -0.05) is 42.5 Å². The fourth-order valence-electron chi connectivity index (χ4n) is 1.71. The highest BCUT2D eigenvalue weighted by atomic mass is 19.1. The van der Waals surface area contributed by atoms with Gasteiger partial charge in [0.05, 0.1) is 0 Å². The Hall–Kier alpha value is -2.22. The molecule has 0 spiro atoms. The molecular formula is C16H13FO. The SMILES string of the molecule is Cc1ccccc1C(=O)C=Cc1ccccc1F. The standard InChI is InChI=1S/C16H13FO/c1-12-6-2-4-8-14(12)16(18)11-10-13-7-3-5-9-15(13)17/h2-11H,1H3. The number of allylic oxidation sites excluding steroid dienone is 1. The molecule has 0 saturated carbocycles. The molecule has 18 heavy (non-hydrogen) atoms. The highest BCUT2D eigenvalue weighted by Crippen LogP contribution is 2.12. The Morgan fingerprint density at radius 1 is 1.06 bits per heavy atom. The van der Waals surface area contributed by atoms with Crippen LogP contribution in [0.4, 0.5) is 4.39 Å². The maximum absolute atomic E-state index is 13.4. The smallest absolute Gasteiger partial charge is 0.186 e. The van der Waals surface area contributed by atoms with Gasteiger partial charge < -0.3 is 0 Å². The lowest BCUT2D eigenvalue weighted by molar-refractivity contribution is 0.104. The van der Waals surface area contributed by atoms with Gasteiger partial charge in [-0.15, -0.1) is 0 Å². The van der Waals surface area contributed by atoms with E-state index in [4.69, 9.17) is 0 Å². The molecule has 0 saturated heterocycles. The van der Waals surface area contributed by atoms with Crippen LogP contribution in [0.2, 0.25) is 0 Å². The number of halogens is 1. The van der Waals surface area contributed by atoms with Crippen LogP contribution < -0.4 is 0 Å². The van der Waals surface area contributed by atoms with E-state index >= 15 is 0 Å². The maximum atomic E-state index is 13.4. The molecule has 0 fully saturated rings. The predicted molar refractivity (Wildman–Crippen MR) is 70.9 cm³/mol. The second-order valence-corrected chi connectivity index (χ2v) is 4.03. The number of benzene rings is 2. The molecule has 0 N–H and O–H groups in total. The first-order valence-electron chi connectivity index (χ1n) is 5.71. The average molecular weight is 240 g/mol. The fraction of sp³-hybridized carbons (Fsp3) is 0.0625. The van der Waals surface area contributed by atoms with Crippen molar-refractivity contribution in [3.05, 3.63) is 77.1 Å². The minimum atomic E-state index is -0.327. The molecular weight excluding hydrogens is 227 g/mol. The lowest BCUT2D eigenvalue weighted by Crippen LogP contribution is -1.97. The van der Waals surface area contributed by atoms with Crippen molar-refractivity contribution in [2.45, 2.75) is 6.92 Å². The minimum Gasteiger partial charge on any atom is -0.289 e. The largest absolute Gasteiger partial charge is 0.289 e. The Balaban J connectivity index is 2.23. The van der Waals surface area contributed by atoms with Crippen molar-refractivity contribution in [2.75, 3.05) is 0 Å². The van der Waals surface area contributed by atoms with Gasteiger partial charge in [0.1, 0.15) is 5.82 Å². The lowest BCUT2D eigenvalue weighted by atomic mass is 10.0. The van der Waals surface area contributed by atoms with Gasteiger partial charge in [0.15, 0.2) is 5.78 Å². The summed E-state index contributed by atoms with van der Waals surface area (Å²) >= 11 is 0. The Morgan fingerprint density at radius 2 is 1.72 bits per heavy atom. The summed E-state index contributed by atoms with van der Waals surface area (Å²) in [6.07, 6.45) is 2.91. The van der Waals surface area contributed by atoms with E-state index < -0.39 is 0 Å². The van der Waals surface area contributed by atoms with Crippen molar-refractivity contribution in [3.8, 4) is 0 Å². The Kier molecular flexibility index (Phi) is 3.68. The monoisotopic (exact) mass is 240 g/mol. The molecule has 90 valence electrons. The van der Waals surface area contributed by atoms with Gasteiger partial charge in [-0.3, -0.25) is 4.79 Å². The van der Waals surface area contributed by atoms with E-state index in [0.717, 1.165) is 5.56 Å². The highest BCUT2D eigenvalue weighted by molar-refractivity contribution is 6.07. The van der Waals surface area contributed by atoms with Crippen LogP contribution in [0.15, 0.2) is 54.6 Å². The Bertz CT molecular complexity index is 600. The van der Waals surface area contributed by atoms with E-state index in [9.17, 15) is 9.18 Å². The van der Waals surface area contributed by atoms with Crippen LogP contribution in [-0.2, 0) is 0 Å². The van der Waals surface area contributed by atoms with Gasteiger partial charge >= 0.3 is 0 Å². The first-order chi connectivity index (χ1) is 8.68. The molecule has 0 aliphatic carbocycles. The van der Waals surface area contributed by atoms with Crippen molar-refractivity contribution < 1.29 is 9.18 Å². The van der Waals surface area contributed by atoms with Crippen molar-refractivity contribution in [1.29, 1.82) is 0 Å². The normalized spacial score (nSPS) is 10.8. The molecule has 2 aromatic carbocycles. The van der Waals surface area contributed by atoms with Gasteiger partial charge in [0, 0.05) is 11.1 Å². The van der Waals surface area contributed by atoms with Gasteiger partial charge in [0.25, 0.3) is 0 Å². The molecule has 1 nitrogen and oxygen atoms in total. The molecule has 0 unspecified atom stereocenters. The third kappa shape index (κ3) is 2.72. The summed E-state index contributed by atoms with van der Waals surface area (Å²) in [5.41, 5.74) is 1.98. The molecule has 0 aliphatic heterocycles. The fourth-order valence-corrected chi connectivity index (χ4v) is 1.71. The van der Waals surface area contributed by atoms with Crippen LogP contribution in [-0.4, -0.2) is 5.78 Å². The van der Waals surface area contributed by atoms with E-state index in [-0.39, 0.29) is 11.6 Å². The zero-order valence-corrected chi connectivity index (χ0v) is 10.1. The Labute approximate surface area is 106 Å². The predicted octanol–water partition coefficient (Wildman–Crippen LogP) is 4.03. The number of carbonyl (C=O) groups excluding carboxylic acids is 1. The van der Waals surface area contributed by atoms with Gasteiger partial charge in [-0.2, -0.15) is 0 Å². The summed E-state index contributed by atoms with van der Waals surface area (Å²) in [4.78, 5) is 11.9. The zero-order chi connectivity index (χ0) is 13.0. The van der Waals surface area contributed by atoms with Crippen LogP contribution in [0.3, 0.4) is 0 Å². The van der Waals surface area contributed by atoms with Crippen molar-refractivity contribution >= 4 is 11.9 Å². The summed E-state index contributed by atoms with van der Waals surface area (Å²) in [6, 6.07) is 13.7. The number of carbonyl (C=O) groups is 1. The van der Waals surface area contributed by atoms with Crippen molar-refractivity contribution in [3.63, 3.8) is 0 Å².